The predicted octanol–water partition coefficient (Wildman–Crippen LogP) is 3.17. The molecule has 2 N–H and O–H groups in total. The minimum absolute atomic E-state index is 0.0571. The molecule has 124 valence electrons. The van der Waals surface area contributed by atoms with E-state index in [1.54, 1.807) is 4.68 Å². The number of para-hydroxylation sites is 1. The first-order valence-corrected chi connectivity index (χ1v) is 8.11. The maximum Gasteiger partial charge on any atom is 0.0998 e. The fourth-order valence-corrected chi connectivity index (χ4v) is 2.70. The second-order valence-electron chi connectivity index (χ2n) is 5.94. The van der Waals surface area contributed by atoms with Gasteiger partial charge >= 0.3 is 0 Å². The van der Waals surface area contributed by atoms with Crippen LogP contribution in [0, 0.1) is 0 Å². The molecular weight excluding hydrogens is 300 g/mol. The number of hydrogen-bond acceptors (Lipinski definition) is 4. The predicted molar refractivity (Wildman–Crippen MR) is 93.7 cm³/mol. The van der Waals surface area contributed by atoms with E-state index < -0.39 is 0 Å². The molecule has 0 radical (unpaired) electrons. The van der Waals surface area contributed by atoms with Crippen LogP contribution in [0.2, 0.25) is 0 Å². The molecule has 1 heterocycles. The average Bonchev–Trinajstić information content (AvgIpc) is 3.13. The van der Waals surface area contributed by atoms with Crippen molar-refractivity contribution < 1.29 is 5.11 Å². The van der Waals surface area contributed by atoms with Gasteiger partial charge < -0.3 is 10.4 Å². The smallest absolute Gasteiger partial charge is 0.0998 e. The van der Waals surface area contributed by atoms with Gasteiger partial charge in [0.15, 0.2) is 0 Å². The van der Waals surface area contributed by atoms with Crippen LogP contribution in [0.25, 0.3) is 5.69 Å². The normalized spacial score (nSPS) is 13.6. The van der Waals surface area contributed by atoms with Crippen molar-refractivity contribution >= 4 is 0 Å². The summed E-state index contributed by atoms with van der Waals surface area (Å²) in [5.74, 6) is 0. The number of aromatic nitrogens is 3. The van der Waals surface area contributed by atoms with Gasteiger partial charge in [-0.3, -0.25) is 0 Å². The van der Waals surface area contributed by atoms with Crippen molar-refractivity contribution in [1.82, 2.24) is 20.3 Å². The molecule has 0 fully saturated rings. The van der Waals surface area contributed by atoms with Crippen molar-refractivity contribution in [1.29, 1.82) is 0 Å². The Kier molecular flexibility index (Phi) is 5.03. The van der Waals surface area contributed by atoms with Gasteiger partial charge in [-0.25, -0.2) is 4.68 Å². The lowest BCUT2D eigenvalue weighted by atomic mass is 10.0. The van der Waals surface area contributed by atoms with Gasteiger partial charge in [-0.1, -0.05) is 47.7 Å². The SMILES string of the molecule is CC(NC(C)c1cn(-c2ccccc2)nn1)c1cccc(CO)c1. The van der Waals surface area contributed by atoms with E-state index in [1.165, 1.54) is 0 Å². The van der Waals surface area contributed by atoms with E-state index in [9.17, 15) is 5.11 Å². The maximum atomic E-state index is 9.27. The number of hydrogen-bond donors (Lipinski definition) is 2. The fourth-order valence-electron chi connectivity index (χ4n) is 2.70. The zero-order chi connectivity index (χ0) is 16.9. The van der Waals surface area contributed by atoms with Gasteiger partial charge in [-0.15, -0.1) is 5.10 Å². The zero-order valence-corrected chi connectivity index (χ0v) is 13.9. The first-order valence-electron chi connectivity index (χ1n) is 8.11. The van der Waals surface area contributed by atoms with Crippen LogP contribution in [0.3, 0.4) is 0 Å². The number of nitrogens with zero attached hydrogens (tertiary/aromatic N) is 3. The molecule has 1 aromatic heterocycles. The molecule has 0 saturated heterocycles. The van der Waals surface area contributed by atoms with Crippen LogP contribution in [0.5, 0.6) is 0 Å². The van der Waals surface area contributed by atoms with E-state index in [4.69, 9.17) is 0 Å². The summed E-state index contributed by atoms with van der Waals surface area (Å²) in [5.41, 5.74) is 3.95. The molecule has 2 aromatic carbocycles. The van der Waals surface area contributed by atoms with Crippen molar-refractivity contribution in [2.75, 3.05) is 0 Å². The van der Waals surface area contributed by atoms with Crippen LogP contribution in [0.4, 0.5) is 0 Å². The summed E-state index contributed by atoms with van der Waals surface area (Å²) in [5, 5.41) is 21.3. The lowest BCUT2D eigenvalue weighted by Crippen LogP contribution is -2.22. The summed E-state index contributed by atoms with van der Waals surface area (Å²) in [6, 6.07) is 18.1. The Morgan fingerprint density at radius 1 is 1.04 bits per heavy atom. The maximum absolute atomic E-state index is 9.27. The summed E-state index contributed by atoms with van der Waals surface area (Å²) in [7, 11) is 0. The van der Waals surface area contributed by atoms with E-state index in [0.29, 0.717) is 0 Å². The number of aliphatic hydroxyl groups excluding tert-OH is 1. The van der Waals surface area contributed by atoms with Crippen LogP contribution in [-0.4, -0.2) is 20.1 Å². The van der Waals surface area contributed by atoms with Gasteiger partial charge in [0.1, 0.15) is 0 Å². The summed E-state index contributed by atoms with van der Waals surface area (Å²) < 4.78 is 1.78. The molecule has 3 aromatic rings. The highest BCUT2D eigenvalue weighted by atomic mass is 16.3. The topological polar surface area (TPSA) is 63.0 Å². The fraction of sp³-hybridized carbons (Fsp3) is 0.263. The van der Waals surface area contributed by atoms with Crippen LogP contribution in [0.15, 0.2) is 60.8 Å². The summed E-state index contributed by atoms with van der Waals surface area (Å²) in [6.45, 7) is 4.24. The third-order valence-corrected chi connectivity index (χ3v) is 4.11. The highest BCUT2D eigenvalue weighted by Crippen LogP contribution is 2.19. The van der Waals surface area contributed by atoms with Gasteiger partial charge in [-0.05, 0) is 37.1 Å². The third-order valence-electron chi connectivity index (χ3n) is 4.11. The number of benzene rings is 2. The Morgan fingerprint density at radius 2 is 1.83 bits per heavy atom. The molecule has 3 rings (SSSR count). The minimum Gasteiger partial charge on any atom is -0.392 e. The van der Waals surface area contributed by atoms with Crippen molar-refractivity contribution in [3.8, 4) is 5.69 Å². The Morgan fingerprint density at radius 3 is 2.58 bits per heavy atom. The quantitative estimate of drug-likeness (QED) is 0.732. The second kappa shape index (κ2) is 7.38. The Hall–Kier alpha value is -2.50. The van der Waals surface area contributed by atoms with Crippen molar-refractivity contribution in [3.05, 3.63) is 77.6 Å². The van der Waals surface area contributed by atoms with Gasteiger partial charge in [0.2, 0.25) is 0 Å². The minimum atomic E-state index is 0.0571. The van der Waals surface area contributed by atoms with E-state index in [0.717, 1.165) is 22.5 Å². The van der Waals surface area contributed by atoms with Gasteiger partial charge in [-0.2, -0.15) is 0 Å². The lowest BCUT2D eigenvalue weighted by molar-refractivity contribution is 0.281. The number of nitrogens with one attached hydrogen (secondary N) is 1. The average molecular weight is 322 g/mol. The molecule has 0 saturated carbocycles. The molecule has 5 heteroatoms. The largest absolute Gasteiger partial charge is 0.392 e. The van der Waals surface area contributed by atoms with E-state index in [-0.39, 0.29) is 18.7 Å². The molecule has 0 aliphatic rings. The molecule has 0 aliphatic carbocycles. The van der Waals surface area contributed by atoms with Crippen molar-refractivity contribution in [2.24, 2.45) is 0 Å². The first-order chi connectivity index (χ1) is 11.7. The van der Waals surface area contributed by atoms with Gasteiger partial charge in [0, 0.05) is 6.04 Å². The number of aliphatic hydroxyl groups is 1. The summed E-state index contributed by atoms with van der Waals surface area (Å²) >= 11 is 0. The Labute approximate surface area is 142 Å². The van der Waals surface area contributed by atoms with Crippen LogP contribution >= 0.6 is 0 Å². The first kappa shape index (κ1) is 16.4. The highest BCUT2D eigenvalue weighted by Gasteiger charge is 2.15. The van der Waals surface area contributed by atoms with Gasteiger partial charge in [0.05, 0.1) is 30.2 Å². The van der Waals surface area contributed by atoms with Gasteiger partial charge in [0.25, 0.3) is 0 Å². The van der Waals surface area contributed by atoms with Crippen molar-refractivity contribution in [2.45, 2.75) is 32.5 Å². The molecule has 0 bridgehead atoms. The monoisotopic (exact) mass is 322 g/mol. The molecule has 0 aliphatic heterocycles. The second-order valence-corrected chi connectivity index (χ2v) is 5.94. The Bertz CT molecular complexity index is 785. The number of rotatable bonds is 6. The van der Waals surface area contributed by atoms with Crippen LogP contribution in [0.1, 0.15) is 42.8 Å². The van der Waals surface area contributed by atoms with E-state index in [1.807, 2.05) is 54.7 Å². The standard InChI is InChI=1S/C19H22N4O/c1-14(17-8-6-7-16(11-17)13-24)20-15(2)19-12-23(22-21-19)18-9-4-3-5-10-18/h3-12,14-15,20,24H,13H2,1-2H3. The van der Waals surface area contributed by atoms with E-state index in [2.05, 4.69) is 35.5 Å². The molecule has 2 atom stereocenters. The van der Waals surface area contributed by atoms with Crippen molar-refractivity contribution in [3.63, 3.8) is 0 Å². The molecule has 0 amide bonds. The molecule has 5 nitrogen and oxygen atoms in total. The molecule has 0 spiro atoms. The molecule has 2 unspecified atom stereocenters. The zero-order valence-electron chi connectivity index (χ0n) is 13.9. The lowest BCUT2D eigenvalue weighted by Gasteiger charge is -2.19. The van der Waals surface area contributed by atoms with Crippen LogP contribution < -0.4 is 5.32 Å². The molecule has 24 heavy (non-hydrogen) atoms. The molecular formula is C19H22N4O. The third kappa shape index (κ3) is 3.69. The summed E-state index contributed by atoms with van der Waals surface area (Å²) in [6.07, 6.45) is 1.95. The van der Waals surface area contributed by atoms with Crippen LogP contribution in [-0.2, 0) is 6.61 Å². The summed E-state index contributed by atoms with van der Waals surface area (Å²) in [4.78, 5) is 0. The van der Waals surface area contributed by atoms with E-state index >= 15 is 0 Å². The Balaban J connectivity index is 1.70. The highest BCUT2D eigenvalue weighted by molar-refractivity contribution is 5.30.